The maximum absolute atomic E-state index is 11.4. The van der Waals surface area contributed by atoms with E-state index in [9.17, 15) is 4.79 Å². The molecule has 1 heterocycles. The number of nitrogens with zero attached hydrogens (tertiary/aromatic N) is 1. The van der Waals surface area contributed by atoms with Gasteiger partial charge < -0.3 is 10.6 Å². The Balaban J connectivity index is 1.62. The molecule has 0 aromatic heterocycles. The van der Waals surface area contributed by atoms with Crippen molar-refractivity contribution >= 4 is 5.91 Å². The van der Waals surface area contributed by atoms with Gasteiger partial charge in [0.2, 0.25) is 5.91 Å². The van der Waals surface area contributed by atoms with E-state index in [1.165, 1.54) is 25.7 Å². The summed E-state index contributed by atoms with van der Waals surface area (Å²) in [5, 5.41) is 6.51. The first-order chi connectivity index (χ1) is 7.78. The number of carbonyl (C=O) groups is 1. The van der Waals surface area contributed by atoms with Crippen LogP contribution in [-0.4, -0.2) is 49.1 Å². The largest absolute Gasteiger partial charge is 0.355 e. The summed E-state index contributed by atoms with van der Waals surface area (Å²) >= 11 is 0. The second-order valence-electron chi connectivity index (χ2n) is 4.94. The zero-order chi connectivity index (χ0) is 11.4. The van der Waals surface area contributed by atoms with Crippen molar-refractivity contribution in [1.29, 1.82) is 0 Å². The molecule has 1 aliphatic heterocycles. The van der Waals surface area contributed by atoms with E-state index in [-0.39, 0.29) is 5.91 Å². The predicted molar refractivity (Wildman–Crippen MR) is 64.3 cm³/mol. The molecule has 0 radical (unpaired) electrons. The number of piperidine rings is 1. The molecular weight excluding hydrogens is 202 g/mol. The summed E-state index contributed by atoms with van der Waals surface area (Å²) in [4.78, 5) is 13.7. The van der Waals surface area contributed by atoms with Crippen molar-refractivity contribution in [3.05, 3.63) is 0 Å². The van der Waals surface area contributed by atoms with Crippen LogP contribution >= 0.6 is 0 Å². The van der Waals surface area contributed by atoms with E-state index < -0.39 is 0 Å². The molecule has 1 saturated carbocycles. The molecule has 1 aliphatic carbocycles. The lowest BCUT2D eigenvalue weighted by Gasteiger charge is -2.32. The third-order valence-electron chi connectivity index (χ3n) is 3.38. The third kappa shape index (κ3) is 3.76. The van der Waals surface area contributed by atoms with Crippen molar-refractivity contribution < 1.29 is 4.79 Å². The molecule has 4 heteroatoms. The maximum atomic E-state index is 11.4. The van der Waals surface area contributed by atoms with Gasteiger partial charge in [-0.2, -0.15) is 0 Å². The van der Waals surface area contributed by atoms with Crippen LogP contribution in [0.4, 0.5) is 0 Å². The van der Waals surface area contributed by atoms with E-state index in [0.29, 0.717) is 12.6 Å². The van der Waals surface area contributed by atoms with E-state index in [2.05, 4.69) is 15.5 Å². The maximum Gasteiger partial charge on any atom is 0.234 e. The Morgan fingerprint density at radius 3 is 2.38 bits per heavy atom. The number of likely N-dealkylation sites (tertiary alicyclic amines) is 1. The molecule has 2 N–H and O–H groups in total. The predicted octanol–water partition coefficient (Wildman–Crippen LogP) is 0.339. The van der Waals surface area contributed by atoms with Crippen LogP contribution in [0.5, 0.6) is 0 Å². The molecule has 4 nitrogen and oxygen atoms in total. The minimum absolute atomic E-state index is 0.163. The van der Waals surface area contributed by atoms with Crippen molar-refractivity contribution in [2.45, 2.75) is 44.7 Å². The van der Waals surface area contributed by atoms with Gasteiger partial charge >= 0.3 is 0 Å². The number of hydrogen-bond acceptors (Lipinski definition) is 3. The Bertz CT molecular complexity index is 232. The van der Waals surface area contributed by atoms with Crippen molar-refractivity contribution in [2.75, 3.05) is 26.2 Å². The van der Waals surface area contributed by atoms with E-state index in [4.69, 9.17) is 0 Å². The van der Waals surface area contributed by atoms with Gasteiger partial charge in [0.25, 0.3) is 0 Å². The molecule has 16 heavy (non-hydrogen) atoms. The van der Waals surface area contributed by atoms with Gasteiger partial charge in [0.1, 0.15) is 0 Å². The number of hydrogen-bond donors (Lipinski definition) is 2. The van der Waals surface area contributed by atoms with Crippen LogP contribution in [0.2, 0.25) is 0 Å². The van der Waals surface area contributed by atoms with Crippen LogP contribution < -0.4 is 10.6 Å². The third-order valence-corrected chi connectivity index (χ3v) is 3.38. The van der Waals surface area contributed by atoms with Crippen molar-refractivity contribution in [3.8, 4) is 0 Å². The minimum Gasteiger partial charge on any atom is -0.355 e. The average molecular weight is 225 g/mol. The fourth-order valence-corrected chi connectivity index (χ4v) is 2.30. The van der Waals surface area contributed by atoms with Gasteiger partial charge in [-0.25, -0.2) is 0 Å². The lowest BCUT2D eigenvalue weighted by atomic mass is 10.1. The molecule has 0 bridgehead atoms. The van der Waals surface area contributed by atoms with E-state index >= 15 is 0 Å². The topological polar surface area (TPSA) is 44.4 Å². The summed E-state index contributed by atoms with van der Waals surface area (Å²) in [6.45, 7) is 5.38. The smallest absolute Gasteiger partial charge is 0.234 e. The molecule has 0 aromatic rings. The summed E-state index contributed by atoms with van der Waals surface area (Å²) < 4.78 is 0. The Hall–Kier alpha value is -0.610. The van der Waals surface area contributed by atoms with Crippen LogP contribution in [-0.2, 0) is 4.79 Å². The molecule has 0 unspecified atom stereocenters. The normalized spacial score (nSPS) is 23.3. The second kappa shape index (κ2) is 5.64. The highest BCUT2D eigenvalue weighted by molar-refractivity contribution is 5.77. The highest BCUT2D eigenvalue weighted by Gasteiger charge is 2.27. The van der Waals surface area contributed by atoms with Gasteiger partial charge in [0.15, 0.2) is 0 Å². The molecule has 2 fully saturated rings. The average Bonchev–Trinajstić information content (AvgIpc) is 3.05. The fraction of sp³-hybridized carbons (Fsp3) is 0.917. The van der Waals surface area contributed by atoms with E-state index in [1.807, 2.05) is 6.92 Å². The van der Waals surface area contributed by atoms with Crippen LogP contribution in [0, 0.1) is 0 Å². The second-order valence-corrected chi connectivity index (χ2v) is 4.94. The molecule has 2 aliphatic rings. The Morgan fingerprint density at radius 1 is 1.19 bits per heavy atom. The summed E-state index contributed by atoms with van der Waals surface area (Å²) in [7, 11) is 0. The standard InChI is InChI=1S/C12H23N3O/c1-2-13-12(16)9-15-7-5-11(6-8-15)14-10-3-4-10/h10-11,14H,2-9H2,1H3,(H,13,16). The van der Waals surface area contributed by atoms with Gasteiger partial charge in [-0.05, 0) is 32.6 Å². The lowest BCUT2D eigenvalue weighted by Crippen LogP contribution is -2.46. The molecule has 92 valence electrons. The Kier molecular flexibility index (Phi) is 4.18. The molecule has 0 aromatic carbocycles. The van der Waals surface area contributed by atoms with Gasteiger partial charge in [0, 0.05) is 31.7 Å². The van der Waals surface area contributed by atoms with Crippen LogP contribution in [0.25, 0.3) is 0 Å². The molecule has 0 spiro atoms. The minimum atomic E-state index is 0.163. The first-order valence-electron chi connectivity index (χ1n) is 6.53. The zero-order valence-corrected chi connectivity index (χ0v) is 10.2. The summed E-state index contributed by atoms with van der Waals surface area (Å²) in [6, 6.07) is 1.50. The number of carbonyl (C=O) groups excluding carboxylic acids is 1. The van der Waals surface area contributed by atoms with E-state index in [1.54, 1.807) is 0 Å². The number of nitrogens with one attached hydrogen (secondary N) is 2. The molecule has 1 amide bonds. The molecule has 0 atom stereocenters. The first kappa shape index (κ1) is 11.9. The van der Waals surface area contributed by atoms with Crippen LogP contribution in [0.15, 0.2) is 0 Å². The highest BCUT2D eigenvalue weighted by atomic mass is 16.2. The summed E-state index contributed by atoms with van der Waals surface area (Å²) in [5.74, 6) is 0.163. The Labute approximate surface area is 97.8 Å². The SMILES string of the molecule is CCNC(=O)CN1CCC(NC2CC2)CC1. The number of rotatable bonds is 5. The quantitative estimate of drug-likeness (QED) is 0.709. The summed E-state index contributed by atoms with van der Waals surface area (Å²) in [5.41, 5.74) is 0. The fourth-order valence-electron chi connectivity index (χ4n) is 2.30. The zero-order valence-electron chi connectivity index (χ0n) is 10.2. The van der Waals surface area contributed by atoms with Gasteiger partial charge in [0.05, 0.1) is 6.54 Å². The monoisotopic (exact) mass is 225 g/mol. The van der Waals surface area contributed by atoms with Crippen LogP contribution in [0.1, 0.15) is 32.6 Å². The van der Waals surface area contributed by atoms with Crippen molar-refractivity contribution in [3.63, 3.8) is 0 Å². The van der Waals surface area contributed by atoms with Gasteiger partial charge in [-0.15, -0.1) is 0 Å². The molecule has 1 saturated heterocycles. The van der Waals surface area contributed by atoms with Crippen molar-refractivity contribution in [2.24, 2.45) is 0 Å². The number of amides is 1. The Morgan fingerprint density at radius 2 is 1.81 bits per heavy atom. The lowest BCUT2D eigenvalue weighted by molar-refractivity contribution is -0.122. The van der Waals surface area contributed by atoms with Gasteiger partial charge in [-0.1, -0.05) is 0 Å². The molecule has 2 rings (SSSR count). The van der Waals surface area contributed by atoms with E-state index in [0.717, 1.165) is 25.7 Å². The highest BCUT2D eigenvalue weighted by Crippen LogP contribution is 2.22. The van der Waals surface area contributed by atoms with Crippen LogP contribution in [0.3, 0.4) is 0 Å². The first-order valence-corrected chi connectivity index (χ1v) is 6.53. The van der Waals surface area contributed by atoms with Gasteiger partial charge in [-0.3, -0.25) is 9.69 Å². The molecular formula is C12H23N3O. The summed E-state index contributed by atoms with van der Waals surface area (Å²) in [6.07, 6.45) is 5.10. The number of likely N-dealkylation sites (N-methyl/N-ethyl adjacent to an activating group) is 1. The van der Waals surface area contributed by atoms with Crippen molar-refractivity contribution in [1.82, 2.24) is 15.5 Å².